The molecule has 0 atom stereocenters. The molecule has 0 saturated carbocycles. The molecule has 0 N–H and O–H groups in total. The van der Waals surface area contributed by atoms with Crippen LogP contribution in [0.3, 0.4) is 0 Å². The first-order valence-corrected chi connectivity index (χ1v) is 5.36. The summed E-state index contributed by atoms with van der Waals surface area (Å²) in [4.78, 5) is 11.9. The number of carbonyl (C=O) groups is 1. The average Bonchev–Trinajstić information content (AvgIpc) is 2.24. The number of ketones is 1. The summed E-state index contributed by atoms with van der Waals surface area (Å²) in [6.45, 7) is 1.57. The van der Waals surface area contributed by atoms with E-state index in [9.17, 15) is 22.4 Å². The van der Waals surface area contributed by atoms with Gasteiger partial charge < -0.3 is 4.90 Å². The van der Waals surface area contributed by atoms with Gasteiger partial charge in [-0.1, -0.05) is 0 Å². The van der Waals surface area contributed by atoms with Crippen LogP contribution >= 0.6 is 0 Å². The monoisotopic (exact) mass is 263 g/mol. The van der Waals surface area contributed by atoms with E-state index >= 15 is 0 Å². The Labute approximate surface area is 102 Å². The third kappa shape index (κ3) is 3.72. The first-order chi connectivity index (χ1) is 8.24. The Morgan fingerprint density at radius 3 is 2.33 bits per heavy atom. The van der Waals surface area contributed by atoms with Crippen LogP contribution < -0.4 is 4.90 Å². The van der Waals surface area contributed by atoms with E-state index in [0.29, 0.717) is 0 Å². The van der Waals surface area contributed by atoms with Crippen molar-refractivity contribution >= 4 is 11.5 Å². The number of nitrogens with zero attached hydrogens (tertiary/aromatic N) is 1. The summed E-state index contributed by atoms with van der Waals surface area (Å²) < 4.78 is 50.6. The molecule has 0 amide bonds. The normalized spacial score (nSPS) is 11.4. The topological polar surface area (TPSA) is 20.3 Å². The van der Waals surface area contributed by atoms with Gasteiger partial charge in [-0.15, -0.1) is 0 Å². The number of hydrogen-bond acceptors (Lipinski definition) is 2. The fourth-order valence-electron chi connectivity index (χ4n) is 1.57. The van der Waals surface area contributed by atoms with E-state index in [2.05, 4.69) is 0 Å². The van der Waals surface area contributed by atoms with Crippen molar-refractivity contribution in [2.75, 3.05) is 18.0 Å². The fraction of sp³-hybridized carbons (Fsp3) is 0.417. The molecule has 2 nitrogen and oxygen atoms in total. The Morgan fingerprint density at radius 1 is 1.33 bits per heavy atom. The zero-order chi connectivity index (χ0) is 13.9. The molecule has 0 heterocycles. The van der Waals surface area contributed by atoms with E-state index in [-0.39, 0.29) is 23.6 Å². The maximum atomic E-state index is 13.7. The summed E-state index contributed by atoms with van der Waals surface area (Å²) in [6.07, 6.45) is -4.40. The van der Waals surface area contributed by atoms with E-state index < -0.39 is 18.5 Å². The van der Waals surface area contributed by atoms with Crippen molar-refractivity contribution in [3.05, 3.63) is 29.6 Å². The average molecular weight is 263 g/mol. The lowest BCUT2D eigenvalue weighted by molar-refractivity contribution is -0.119. The van der Waals surface area contributed by atoms with Crippen LogP contribution in [0.4, 0.5) is 23.2 Å². The summed E-state index contributed by atoms with van der Waals surface area (Å²) in [5.74, 6) is -1.16. The zero-order valence-corrected chi connectivity index (χ0v) is 10.0. The largest absolute Gasteiger partial charge is 0.405 e. The van der Waals surface area contributed by atoms with Crippen LogP contribution in [0.2, 0.25) is 0 Å². The van der Waals surface area contributed by atoms with Crippen LogP contribution in [0.5, 0.6) is 0 Å². The summed E-state index contributed by atoms with van der Waals surface area (Å²) in [5, 5.41) is 0. The van der Waals surface area contributed by atoms with E-state index in [1.54, 1.807) is 0 Å². The Morgan fingerprint density at radius 2 is 1.94 bits per heavy atom. The second-order valence-corrected chi connectivity index (χ2v) is 3.85. The van der Waals surface area contributed by atoms with Crippen molar-refractivity contribution in [3.8, 4) is 0 Å². The van der Waals surface area contributed by atoms with Crippen molar-refractivity contribution < 1.29 is 22.4 Å². The predicted molar refractivity (Wildman–Crippen MR) is 60.3 cm³/mol. The highest BCUT2D eigenvalue weighted by Gasteiger charge is 2.31. The van der Waals surface area contributed by atoms with Gasteiger partial charge in [-0.2, -0.15) is 13.2 Å². The molecule has 1 aromatic carbocycles. The molecule has 1 aromatic rings. The number of benzene rings is 1. The molecule has 18 heavy (non-hydrogen) atoms. The van der Waals surface area contributed by atoms with Crippen molar-refractivity contribution in [2.45, 2.75) is 20.0 Å². The molecule has 0 aliphatic carbocycles. The number of Topliss-reactive ketones (excluding diaryl/α,β-unsaturated/α-hetero) is 1. The van der Waals surface area contributed by atoms with E-state index in [1.807, 2.05) is 0 Å². The quantitative estimate of drug-likeness (QED) is 0.613. The molecule has 0 aliphatic rings. The lowest BCUT2D eigenvalue weighted by Crippen LogP contribution is -2.34. The lowest BCUT2D eigenvalue weighted by atomic mass is 10.1. The van der Waals surface area contributed by atoms with E-state index in [4.69, 9.17) is 0 Å². The van der Waals surface area contributed by atoms with Gasteiger partial charge in [-0.25, -0.2) is 4.39 Å². The summed E-state index contributed by atoms with van der Waals surface area (Å²) in [7, 11) is 0. The molecule has 6 heteroatoms. The molecule has 0 aliphatic heterocycles. The second-order valence-electron chi connectivity index (χ2n) is 3.85. The second kappa shape index (κ2) is 5.37. The molecule has 0 bridgehead atoms. The maximum absolute atomic E-state index is 13.7. The number of rotatable bonds is 4. The molecule has 1 rings (SSSR count). The van der Waals surface area contributed by atoms with Crippen molar-refractivity contribution in [3.63, 3.8) is 0 Å². The molecule has 0 aromatic heterocycles. The van der Waals surface area contributed by atoms with Crippen molar-refractivity contribution in [2.24, 2.45) is 0 Å². The molecule has 0 radical (unpaired) electrons. The number of hydrogen-bond donors (Lipinski definition) is 0. The fourth-order valence-corrected chi connectivity index (χ4v) is 1.57. The minimum Gasteiger partial charge on any atom is -0.360 e. The molecule has 0 spiro atoms. The predicted octanol–water partition coefficient (Wildman–Crippen LogP) is 3.42. The van der Waals surface area contributed by atoms with Gasteiger partial charge in [-0.05, 0) is 32.0 Å². The lowest BCUT2D eigenvalue weighted by Gasteiger charge is -2.24. The standard InChI is InChI=1S/C12H13F4NO/c1-3-17(7-12(14,15)16)11-5-4-9(8(2)18)6-10(11)13/h4-6H,3,7H2,1-2H3. The van der Waals surface area contributed by atoms with E-state index in [1.165, 1.54) is 26.0 Å². The van der Waals surface area contributed by atoms with Crippen LogP contribution in [0, 0.1) is 5.82 Å². The third-order valence-electron chi connectivity index (χ3n) is 2.45. The SMILES string of the molecule is CCN(CC(F)(F)F)c1ccc(C(C)=O)cc1F. The van der Waals surface area contributed by atoms with Gasteiger partial charge in [0.05, 0.1) is 5.69 Å². The molecule has 0 unspecified atom stereocenters. The summed E-state index contributed by atoms with van der Waals surface area (Å²) >= 11 is 0. The van der Waals surface area contributed by atoms with Crippen LogP contribution in [-0.4, -0.2) is 25.0 Å². The van der Waals surface area contributed by atoms with Gasteiger partial charge in [-0.3, -0.25) is 4.79 Å². The van der Waals surface area contributed by atoms with Gasteiger partial charge >= 0.3 is 6.18 Å². The molecular formula is C12H13F4NO. The highest BCUT2D eigenvalue weighted by Crippen LogP contribution is 2.25. The number of anilines is 1. The smallest absolute Gasteiger partial charge is 0.360 e. The zero-order valence-electron chi connectivity index (χ0n) is 10.0. The van der Waals surface area contributed by atoms with Gasteiger partial charge in [0, 0.05) is 12.1 Å². The molecule has 100 valence electrons. The Balaban J connectivity index is 3.04. The summed E-state index contributed by atoms with van der Waals surface area (Å²) in [5.41, 5.74) is -0.0147. The molecular weight excluding hydrogens is 250 g/mol. The Kier molecular flexibility index (Phi) is 4.32. The minimum absolute atomic E-state index is 0.0237. The van der Waals surface area contributed by atoms with Crippen molar-refractivity contribution in [1.29, 1.82) is 0 Å². The van der Waals surface area contributed by atoms with Gasteiger partial charge in [0.2, 0.25) is 0 Å². The number of alkyl halides is 3. The highest BCUT2D eigenvalue weighted by atomic mass is 19.4. The highest BCUT2D eigenvalue weighted by molar-refractivity contribution is 5.94. The van der Waals surface area contributed by atoms with Crippen LogP contribution in [0.25, 0.3) is 0 Å². The number of carbonyl (C=O) groups excluding carboxylic acids is 1. The maximum Gasteiger partial charge on any atom is 0.405 e. The molecule has 0 saturated heterocycles. The number of halogens is 4. The third-order valence-corrected chi connectivity index (χ3v) is 2.45. The van der Waals surface area contributed by atoms with Crippen LogP contribution in [0.1, 0.15) is 24.2 Å². The molecule has 0 fully saturated rings. The van der Waals surface area contributed by atoms with Crippen LogP contribution in [0.15, 0.2) is 18.2 Å². The van der Waals surface area contributed by atoms with Gasteiger partial charge in [0.15, 0.2) is 5.78 Å². The first kappa shape index (κ1) is 14.5. The van der Waals surface area contributed by atoms with Gasteiger partial charge in [0.25, 0.3) is 0 Å². The minimum atomic E-state index is -4.40. The van der Waals surface area contributed by atoms with Crippen LogP contribution in [-0.2, 0) is 0 Å². The Bertz CT molecular complexity index is 442. The van der Waals surface area contributed by atoms with E-state index in [0.717, 1.165) is 11.0 Å². The van der Waals surface area contributed by atoms with Gasteiger partial charge in [0.1, 0.15) is 12.4 Å². The first-order valence-electron chi connectivity index (χ1n) is 5.36. The van der Waals surface area contributed by atoms with Crippen molar-refractivity contribution in [1.82, 2.24) is 0 Å². The summed E-state index contributed by atoms with van der Waals surface area (Å²) in [6, 6.07) is 3.47. The Hall–Kier alpha value is -1.59.